The summed E-state index contributed by atoms with van der Waals surface area (Å²) in [6.45, 7) is 4.42. The molecule has 0 aliphatic carbocycles. The Morgan fingerprint density at radius 3 is 2.56 bits per heavy atom. The molecule has 0 bridgehead atoms. The number of alkyl halides is 1. The fourth-order valence-corrected chi connectivity index (χ4v) is 2.81. The number of nitrogens with zero attached hydrogens (tertiary/aromatic N) is 1. The van der Waals surface area contributed by atoms with Crippen LogP contribution in [0.15, 0.2) is 29.6 Å². The van der Waals surface area contributed by atoms with Crippen LogP contribution < -0.4 is 0 Å². The Morgan fingerprint density at radius 2 is 1.94 bits per heavy atom. The lowest BCUT2D eigenvalue weighted by Gasteiger charge is -2.05. The number of aromatic nitrogens is 1. The van der Waals surface area contributed by atoms with Crippen molar-refractivity contribution in [2.24, 2.45) is 0 Å². The van der Waals surface area contributed by atoms with E-state index < -0.39 is 0 Å². The van der Waals surface area contributed by atoms with Gasteiger partial charge >= 0.3 is 0 Å². The standard InChI is InChI=1S/C15H18ClNS/c1-11(2)12-5-7-13(8-6-12)15-17-14(10-18-15)4-3-9-16/h5-8,10-11H,3-4,9H2,1-2H3. The van der Waals surface area contributed by atoms with Crippen molar-refractivity contribution >= 4 is 22.9 Å². The molecule has 0 unspecified atom stereocenters. The predicted molar refractivity (Wildman–Crippen MR) is 80.7 cm³/mol. The number of halogens is 1. The molecule has 0 aliphatic rings. The lowest BCUT2D eigenvalue weighted by atomic mass is 10.0. The first-order chi connectivity index (χ1) is 8.70. The van der Waals surface area contributed by atoms with E-state index in [1.165, 1.54) is 11.1 Å². The molecule has 0 N–H and O–H groups in total. The van der Waals surface area contributed by atoms with E-state index in [1.54, 1.807) is 11.3 Å². The molecule has 0 saturated carbocycles. The fourth-order valence-electron chi connectivity index (χ4n) is 1.81. The molecule has 3 heteroatoms. The van der Waals surface area contributed by atoms with Crippen molar-refractivity contribution in [3.8, 4) is 10.6 Å². The van der Waals surface area contributed by atoms with Crippen LogP contribution in [0.5, 0.6) is 0 Å². The van der Waals surface area contributed by atoms with Crippen LogP contribution in [0.2, 0.25) is 0 Å². The molecule has 1 heterocycles. The Labute approximate surface area is 118 Å². The van der Waals surface area contributed by atoms with Gasteiger partial charge in [-0.1, -0.05) is 38.1 Å². The zero-order chi connectivity index (χ0) is 13.0. The molecule has 2 aromatic rings. The van der Waals surface area contributed by atoms with Crippen LogP contribution in [-0.2, 0) is 6.42 Å². The van der Waals surface area contributed by atoms with Crippen LogP contribution in [0, 0.1) is 0 Å². The third kappa shape index (κ3) is 3.33. The molecule has 1 nitrogen and oxygen atoms in total. The second-order valence-corrected chi connectivity index (χ2v) is 5.95. The number of thiazole rings is 1. The first-order valence-electron chi connectivity index (χ1n) is 6.31. The number of hydrogen-bond acceptors (Lipinski definition) is 2. The van der Waals surface area contributed by atoms with E-state index in [0.29, 0.717) is 11.8 Å². The topological polar surface area (TPSA) is 12.9 Å². The fraction of sp³-hybridized carbons (Fsp3) is 0.400. The Hall–Kier alpha value is -0.860. The van der Waals surface area contributed by atoms with Gasteiger partial charge in [0.15, 0.2) is 0 Å². The van der Waals surface area contributed by atoms with Crippen molar-refractivity contribution in [3.63, 3.8) is 0 Å². The second-order valence-electron chi connectivity index (χ2n) is 4.71. The van der Waals surface area contributed by atoms with Crippen molar-refractivity contribution in [2.45, 2.75) is 32.6 Å². The summed E-state index contributed by atoms with van der Waals surface area (Å²) in [4.78, 5) is 4.65. The molecule has 0 saturated heterocycles. The molecule has 0 aliphatic heterocycles. The molecular formula is C15H18ClNS. The minimum Gasteiger partial charge on any atom is -0.241 e. The van der Waals surface area contributed by atoms with E-state index in [-0.39, 0.29) is 0 Å². The number of benzene rings is 1. The van der Waals surface area contributed by atoms with Crippen LogP contribution in [0.25, 0.3) is 10.6 Å². The molecular weight excluding hydrogens is 262 g/mol. The summed E-state index contributed by atoms with van der Waals surface area (Å²) in [6.07, 6.45) is 1.97. The Kier molecular flexibility index (Phi) is 4.79. The van der Waals surface area contributed by atoms with E-state index in [4.69, 9.17) is 11.6 Å². The van der Waals surface area contributed by atoms with E-state index in [0.717, 1.165) is 23.5 Å². The van der Waals surface area contributed by atoms with Gasteiger partial charge in [-0.15, -0.1) is 22.9 Å². The third-order valence-electron chi connectivity index (χ3n) is 2.94. The van der Waals surface area contributed by atoms with Crippen molar-refractivity contribution < 1.29 is 0 Å². The van der Waals surface area contributed by atoms with Crippen molar-refractivity contribution in [2.75, 3.05) is 5.88 Å². The zero-order valence-corrected chi connectivity index (χ0v) is 12.4. The highest BCUT2D eigenvalue weighted by Crippen LogP contribution is 2.26. The quantitative estimate of drug-likeness (QED) is 0.694. The maximum absolute atomic E-state index is 5.70. The summed E-state index contributed by atoms with van der Waals surface area (Å²) in [5.41, 5.74) is 3.74. The van der Waals surface area contributed by atoms with Gasteiger partial charge < -0.3 is 0 Å². The maximum Gasteiger partial charge on any atom is 0.123 e. The third-order valence-corrected chi connectivity index (χ3v) is 4.15. The highest BCUT2D eigenvalue weighted by molar-refractivity contribution is 7.13. The Balaban J connectivity index is 2.13. The minimum absolute atomic E-state index is 0.578. The lowest BCUT2D eigenvalue weighted by molar-refractivity contribution is 0.867. The summed E-state index contributed by atoms with van der Waals surface area (Å²) in [7, 11) is 0. The molecule has 0 spiro atoms. The van der Waals surface area contributed by atoms with Gasteiger partial charge in [-0.25, -0.2) is 4.98 Å². The second kappa shape index (κ2) is 6.35. The molecule has 2 rings (SSSR count). The van der Waals surface area contributed by atoms with Gasteiger partial charge in [0.1, 0.15) is 5.01 Å². The monoisotopic (exact) mass is 279 g/mol. The van der Waals surface area contributed by atoms with Crippen molar-refractivity contribution in [3.05, 3.63) is 40.9 Å². The molecule has 18 heavy (non-hydrogen) atoms. The van der Waals surface area contributed by atoms with E-state index >= 15 is 0 Å². The number of aryl methyl sites for hydroxylation is 1. The van der Waals surface area contributed by atoms with Crippen LogP contribution in [0.4, 0.5) is 0 Å². The molecule has 0 radical (unpaired) electrons. The van der Waals surface area contributed by atoms with Gasteiger partial charge in [-0.05, 0) is 24.3 Å². The zero-order valence-electron chi connectivity index (χ0n) is 10.8. The first kappa shape index (κ1) is 13.6. The molecule has 0 atom stereocenters. The molecule has 0 fully saturated rings. The highest BCUT2D eigenvalue weighted by Gasteiger charge is 2.05. The summed E-state index contributed by atoms with van der Waals surface area (Å²) in [6, 6.07) is 8.72. The van der Waals surface area contributed by atoms with Gasteiger partial charge in [0, 0.05) is 16.8 Å². The summed E-state index contributed by atoms with van der Waals surface area (Å²) < 4.78 is 0. The Morgan fingerprint density at radius 1 is 1.22 bits per heavy atom. The van der Waals surface area contributed by atoms with Gasteiger partial charge in [0.05, 0.1) is 5.69 Å². The van der Waals surface area contributed by atoms with Gasteiger partial charge in [-0.3, -0.25) is 0 Å². The number of rotatable bonds is 5. The van der Waals surface area contributed by atoms with Gasteiger partial charge in [0.2, 0.25) is 0 Å². The first-order valence-corrected chi connectivity index (χ1v) is 7.73. The summed E-state index contributed by atoms with van der Waals surface area (Å²) in [5.74, 6) is 1.28. The highest BCUT2D eigenvalue weighted by atomic mass is 35.5. The lowest BCUT2D eigenvalue weighted by Crippen LogP contribution is -1.88. The smallest absolute Gasteiger partial charge is 0.123 e. The SMILES string of the molecule is CC(C)c1ccc(-c2nc(CCCCl)cs2)cc1. The van der Waals surface area contributed by atoms with E-state index in [1.807, 2.05) is 0 Å². The average molecular weight is 280 g/mol. The van der Waals surface area contributed by atoms with Crippen molar-refractivity contribution in [1.82, 2.24) is 4.98 Å². The van der Waals surface area contributed by atoms with E-state index in [9.17, 15) is 0 Å². The maximum atomic E-state index is 5.70. The van der Waals surface area contributed by atoms with Crippen LogP contribution in [0.1, 0.15) is 37.4 Å². The predicted octanol–water partition coefficient (Wildman–Crippen LogP) is 5.10. The molecule has 96 valence electrons. The van der Waals surface area contributed by atoms with Gasteiger partial charge in [0.25, 0.3) is 0 Å². The van der Waals surface area contributed by atoms with Crippen LogP contribution in [0.3, 0.4) is 0 Å². The molecule has 1 aromatic carbocycles. The van der Waals surface area contributed by atoms with Crippen molar-refractivity contribution in [1.29, 1.82) is 0 Å². The molecule has 0 amide bonds. The number of hydrogen-bond donors (Lipinski definition) is 0. The summed E-state index contributed by atoms with van der Waals surface area (Å²) >= 11 is 7.41. The Bertz CT molecular complexity index is 487. The van der Waals surface area contributed by atoms with E-state index in [2.05, 4.69) is 48.5 Å². The average Bonchev–Trinajstić information content (AvgIpc) is 2.85. The van der Waals surface area contributed by atoms with Gasteiger partial charge in [-0.2, -0.15) is 0 Å². The normalized spacial score (nSPS) is 11.1. The molecule has 1 aromatic heterocycles. The largest absolute Gasteiger partial charge is 0.241 e. The van der Waals surface area contributed by atoms with Crippen LogP contribution >= 0.6 is 22.9 Å². The minimum atomic E-state index is 0.578. The summed E-state index contributed by atoms with van der Waals surface area (Å²) in [5, 5.41) is 3.24. The van der Waals surface area contributed by atoms with Crippen LogP contribution in [-0.4, -0.2) is 10.9 Å².